The van der Waals surface area contributed by atoms with Crippen LogP contribution in [0.1, 0.15) is 17.9 Å². The van der Waals surface area contributed by atoms with Crippen molar-refractivity contribution in [3.05, 3.63) is 35.8 Å². The first-order chi connectivity index (χ1) is 7.66. The number of aliphatic carboxylic acids is 1. The number of halogens is 1. The summed E-state index contributed by atoms with van der Waals surface area (Å²) in [5.41, 5.74) is 1.72. The maximum Gasteiger partial charge on any atom is 0.307 e. The highest BCUT2D eigenvalue weighted by molar-refractivity contribution is 5.86. The Bertz CT molecular complexity index is 575. The van der Waals surface area contributed by atoms with Crippen LogP contribution in [0.25, 0.3) is 10.9 Å². The molecule has 4 heteroatoms. The standard InChI is InChI=1S/C12H10FNO2/c13-6-1-2-7-10(5-14-11(7)3-6)8-4-9(8)12(15)16/h1-3,5,8-9,14H,4H2,(H,15,16)/t8-,9?/m1/s1. The summed E-state index contributed by atoms with van der Waals surface area (Å²) in [6.45, 7) is 0. The summed E-state index contributed by atoms with van der Waals surface area (Å²) < 4.78 is 13.0. The Morgan fingerprint density at radius 2 is 2.31 bits per heavy atom. The molecule has 3 rings (SSSR count). The normalized spacial score (nSPS) is 23.6. The molecule has 82 valence electrons. The molecule has 0 radical (unpaired) electrons. The minimum Gasteiger partial charge on any atom is -0.481 e. The Kier molecular flexibility index (Phi) is 1.80. The van der Waals surface area contributed by atoms with Crippen LogP contribution < -0.4 is 0 Å². The van der Waals surface area contributed by atoms with Crippen molar-refractivity contribution in [2.24, 2.45) is 5.92 Å². The van der Waals surface area contributed by atoms with E-state index in [0.717, 1.165) is 16.5 Å². The maximum atomic E-state index is 13.0. The lowest BCUT2D eigenvalue weighted by atomic mass is 10.1. The average molecular weight is 219 g/mol. The predicted molar refractivity (Wildman–Crippen MR) is 56.7 cm³/mol. The molecular formula is C12H10FNO2. The second-order valence-electron chi connectivity index (χ2n) is 4.22. The van der Waals surface area contributed by atoms with Gasteiger partial charge in [-0.15, -0.1) is 0 Å². The summed E-state index contributed by atoms with van der Waals surface area (Å²) >= 11 is 0. The topological polar surface area (TPSA) is 53.1 Å². The van der Waals surface area contributed by atoms with Gasteiger partial charge >= 0.3 is 5.97 Å². The Labute approximate surface area is 90.9 Å². The molecule has 2 aromatic rings. The van der Waals surface area contributed by atoms with Crippen molar-refractivity contribution in [1.29, 1.82) is 0 Å². The molecular weight excluding hydrogens is 209 g/mol. The summed E-state index contributed by atoms with van der Waals surface area (Å²) in [6, 6.07) is 4.53. The second kappa shape index (κ2) is 3.07. The Hall–Kier alpha value is -1.84. The summed E-state index contributed by atoms with van der Waals surface area (Å²) in [6.07, 6.45) is 2.47. The van der Waals surface area contributed by atoms with Crippen LogP contribution in [-0.2, 0) is 4.79 Å². The fraction of sp³-hybridized carbons (Fsp3) is 0.250. The number of hydrogen-bond acceptors (Lipinski definition) is 1. The van der Waals surface area contributed by atoms with E-state index in [1.165, 1.54) is 12.1 Å². The van der Waals surface area contributed by atoms with E-state index in [9.17, 15) is 9.18 Å². The zero-order valence-electron chi connectivity index (χ0n) is 8.40. The molecule has 1 heterocycles. The molecule has 1 aromatic heterocycles. The van der Waals surface area contributed by atoms with E-state index in [4.69, 9.17) is 5.11 Å². The lowest BCUT2D eigenvalue weighted by Crippen LogP contribution is -1.98. The van der Waals surface area contributed by atoms with E-state index >= 15 is 0 Å². The van der Waals surface area contributed by atoms with Gasteiger partial charge < -0.3 is 10.1 Å². The number of carboxylic acids is 1. The van der Waals surface area contributed by atoms with Crippen LogP contribution >= 0.6 is 0 Å². The van der Waals surface area contributed by atoms with Crippen molar-refractivity contribution in [3.8, 4) is 0 Å². The van der Waals surface area contributed by atoms with E-state index in [1.807, 2.05) is 0 Å². The summed E-state index contributed by atoms with van der Waals surface area (Å²) in [4.78, 5) is 13.8. The minimum absolute atomic E-state index is 0.0803. The highest BCUT2D eigenvalue weighted by Crippen LogP contribution is 2.49. The molecule has 0 saturated heterocycles. The SMILES string of the molecule is O=C(O)C1C[C@H]1c1c[nH]c2cc(F)ccc12. The first-order valence-corrected chi connectivity index (χ1v) is 5.16. The number of carboxylic acid groups (broad SMARTS) is 1. The van der Waals surface area contributed by atoms with Gasteiger partial charge in [0.1, 0.15) is 5.82 Å². The number of nitrogens with one attached hydrogen (secondary N) is 1. The van der Waals surface area contributed by atoms with Crippen molar-refractivity contribution in [3.63, 3.8) is 0 Å². The van der Waals surface area contributed by atoms with Crippen molar-refractivity contribution in [1.82, 2.24) is 4.98 Å². The maximum absolute atomic E-state index is 13.0. The van der Waals surface area contributed by atoms with Crippen LogP contribution in [0.15, 0.2) is 24.4 Å². The van der Waals surface area contributed by atoms with Crippen molar-refractivity contribution in [2.75, 3.05) is 0 Å². The Balaban J connectivity index is 2.03. The second-order valence-corrected chi connectivity index (χ2v) is 4.22. The monoisotopic (exact) mass is 219 g/mol. The fourth-order valence-corrected chi connectivity index (χ4v) is 2.24. The summed E-state index contributed by atoms with van der Waals surface area (Å²) in [7, 11) is 0. The third kappa shape index (κ3) is 1.30. The van der Waals surface area contributed by atoms with E-state index in [2.05, 4.69) is 4.98 Å². The third-order valence-corrected chi connectivity index (χ3v) is 3.18. The van der Waals surface area contributed by atoms with Gasteiger partial charge in [-0.05, 0) is 30.2 Å². The molecule has 16 heavy (non-hydrogen) atoms. The van der Waals surface area contributed by atoms with Crippen molar-refractivity contribution >= 4 is 16.9 Å². The number of H-pyrrole nitrogens is 1. The van der Waals surface area contributed by atoms with Gasteiger partial charge in [0, 0.05) is 23.0 Å². The van der Waals surface area contributed by atoms with Gasteiger partial charge in [0.2, 0.25) is 0 Å². The average Bonchev–Trinajstić information content (AvgIpc) is 2.93. The molecule has 0 bridgehead atoms. The van der Waals surface area contributed by atoms with Crippen LogP contribution in [0.4, 0.5) is 4.39 Å². The van der Waals surface area contributed by atoms with Gasteiger partial charge in [-0.2, -0.15) is 0 Å². The lowest BCUT2D eigenvalue weighted by Gasteiger charge is -1.96. The number of aromatic nitrogens is 1. The highest BCUT2D eigenvalue weighted by atomic mass is 19.1. The van der Waals surface area contributed by atoms with Crippen molar-refractivity contribution in [2.45, 2.75) is 12.3 Å². The largest absolute Gasteiger partial charge is 0.481 e. The van der Waals surface area contributed by atoms with Crippen LogP contribution in [0.2, 0.25) is 0 Å². The number of fused-ring (bicyclic) bond motifs is 1. The number of aromatic amines is 1. The fourth-order valence-electron chi connectivity index (χ4n) is 2.24. The van der Waals surface area contributed by atoms with Crippen LogP contribution in [0, 0.1) is 11.7 Å². The molecule has 1 fully saturated rings. The van der Waals surface area contributed by atoms with Crippen LogP contribution in [-0.4, -0.2) is 16.1 Å². The van der Waals surface area contributed by atoms with E-state index in [1.54, 1.807) is 12.3 Å². The highest BCUT2D eigenvalue weighted by Gasteiger charge is 2.45. The number of carbonyl (C=O) groups is 1. The van der Waals surface area contributed by atoms with Gasteiger partial charge in [0.25, 0.3) is 0 Å². The van der Waals surface area contributed by atoms with E-state index in [-0.39, 0.29) is 17.7 Å². The first kappa shape index (κ1) is 9.39. The minimum atomic E-state index is -0.749. The van der Waals surface area contributed by atoms with Gasteiger partial charge in [0.05, 0.1) is 5.92 Å². The van der Waals surface area contributed by atoms with Crippen LogP contribution in [0.5, 0.6) is 0 Å². The van der Waals surface area contributed by atoms with Crippen LogP contribution in [0.3, 0.4) is 0 Å². The summed E-state index contributed by atoms with van der Waals surface area (Å²) in [5, 5.41) is 9.79. The molecule has 0 amide bonds. The molecule has 2 atom stereocenters. The Morgan fingerprint density at radius 1 is 1.50 bits per heavy atom. The molecule has 2 N–H and O–H groups in total. The van der Waals surface area contributed by atoms with Gasteiger partial charge in [-0.3, -0.25) is 4.79 Å². The number of hydrogen-bond donors (Lipinski definition) is 2. The first-order valence-electron chi connectivity index (χ1n) is 5.16. The molecule has 1 aliphatic carbocycles. The third-order valence-electron chi connectivity index (χ3n) is 3.18. The number of benzene rings is 1. The van der Waals surface area contributed by atoms with E-state index < -0.39 is 5.97 Å². The van der Waals surface area contributed by atoms with Gasteiger partial charge in [-0.25, -0.2) is 4.39 Å². The lowest BCUT2D eigenvalue weighted by molar-refractivity contribution is -0.138. The smallest absolute Gasteiger partial charge is 0.307 e. The molecule has 3 nitrogen and oxygen atoms in total. The van der Waals surface area contributed by atoms with Gasteiger partial charge in [0.15, 0.2) is 0 Å². The summed E-state index contributed by atoms with van der Waals surface area (Å²) in [5.74, 6) is -1.23. The molecule has 1 saturated carbocycles. The molecule has 0 aliphatic heterocycles. The molecule has 1 aliphatic rings. The van der Waals surface area contributed by atoms with Gasteiger partial charge in [-0.1, -0.05) is 0 Å². The molecule has 1 aromatic carbocycles. The molecule has 0 spiro atoms. The Morgan fingerprint density at radius 3 is 3.00 bits per heavy atom. The zero-order valence-corrected chi connectivity index (χ0v) is 8.40. The number of rotatable bonds is 2. The quantitative estimate of drug-likeness (QED) is 0.815. The predicted octanol–water partition coefficient (Wildman–Crippen LogP) is 2.50. The van der Waals surface area contributed by atoms with E-state index in [0.29, 0.717) is 6.42 Å². The molecule has 1 unspecified atom stereocenters. The van der Waals surface area contributed by atoms with Crippen molar-refractivity contribution < 1.29 is 14.3 Å². The zero-order chi connectivity index (χ0) is 11.3.